The number of aromatic nitrogens is 3. The van der Waals surface area contributed by atoms with E-state index in [9.17, 15) is 10.1 Å². The van der Waals surface area contributed by atoms with Gasteiger partial charge in [0.1, 0.15) is 12.2 Å². The number of ether oxygens (including phenoxy) is 1. The summed E-state index contributed by atoms with van der Waals surface area (Å²) in [6.07, 6.45) is 9.56. The van der Waals surface area contributed by atoms with E-state index in [1.165, 1.54) is 0 Å². The first kappa shape index (κ1) is 20.2. The number of pyridine rings is 1. The van der Waals surface area contributed by atoms with Gasteiger partial charge < -0.3 is 15.4 Å². The summed E-state index contributed by atoms with van der Waals surface area (Å²) in [5.41, 5.74) is 2.95. The van der Waals surface area contributed by atoms with Crippen molar-refractivity contribution in [3.63, 3.8) is 0 Å². The van der Waals surface area contributed by atoms with Gasteiger partial charge in [0, 0.05) is 29.5 Å². The van der Waals surface area contributed by atoms with Crippen LogP contribution >= 0.6 is 0 Å². The molecular formula is C24H24N6O2. The van der Waals surface area contributed by atoms with Gasteiger partial charge in [0.2, 0.25) is 5.95 Å². The van der Waals surface area contributed by atoms with Crippen LogP contribution in [-0.4, -0.2) is 32.7 Å². The second kappa shape index (κ2) is 8.08. The van der Waals surface area contributed by atoms with Crippen LogP contribution in [-0.2, 0) is 4.74 Å². The van der Waals surface area contributed by atoms with Gasteiger partial charge in [-0.3, -0.25) is 4.98 Å². The Morgan fingerprint density at radius 2 is 2.00 bits per heavy atom. The van der Waals surface area contributed by atoms with Gasteiger partial charge in [0.25, 0.3) is 0 Å². The minimum absolute atomic E-state index is 0.0674. The van der Waals surface area contributed by atoms with E-state index >= 15 is 0 Å². The topological polar surface area (TPSA) is 113 Å². The molecular weight excluding hydrogens is 404 g/mol. The van der Waals surface area contributed by atoms with Crippen LogP contribution in [0.4, 0.5) is 16.4 Å². The highest BCUT2D eigenvalue weighted by molar-refractivity contribution is 5.95. The molecule has 32 heavy (non-hydrogen) atoms. The number of hydrogen-bond donors (Lipinski definition) is 2. The molecule has 0 aliphatic heterocycles. The van der Waals surface area contributed by atoms with Gasteiger partial charge >= 0.3 is 6.09 Å². The van der Waals surface area contributed by atoms with Crippen LogP contribution in [0.15, 0.2) is 42.9 Å². The Kier molecular flexibility index (Phi) is 5.10. The van der Waals surface area contributed by atoms with Gasteiger partial charge in [-0.1, -0.05) is 0 Å². The van der Waals surface area contributed by atoms with Gasteiger partial charge in [-0.2, -0.15) is 5.26 Å². The molecule has 0 spiro atoms. The molecule has 1 unspecified atom stereocenters. The molecule has 162 valence electrons. The van der Waals surface area contributed by atoms with Gasteiger partial charge in [-0.15, -0.1) is 0 Å². The number of fused-ring (bicyclic) bond motifs is 1. The molecule has 1 amide bonds. The number of nitrogens with zero attached hydrogens (tertiary/aromatic N) is 4. The predicted octanol–water partition coefficient (Wildman–Crippen LogP) is 4.55. The molecule has 8 nitrogen and oxygen atoms in total. The number of alkyl carbamates (subject to hydrolysis) is 1. The molecule has 2 N–H and O–H groups in total. The number of amides is 1. The maximum atomic E-state index is 12.1. The number of carbonyl (C=O) groups is 1. The highest BCUT2D eigenvalue weighted by Gasteiger charge is 2.40. The molecule has 5 rings (SSSR count). The number of nitrogens with one attached hydrogen (secondary N) is 2. The van der Waals surface area contributed by atoms with E-state index in [0.717, 1.165) is 48.7 Å². The number of carbonyl (C=O) groups excluding carboxylic acids is 1. The third-order valence-electron chi connectivity index (χ3n) is 6.34. The van der Waals surface area contributed by atoms with Crippen molar-refractivity contribution in [3.8, 4) is 6.07 Å². The molecule has 2 heterocycles. The summed E-state index contributed by atoms with van der Waals surface area (Å²) < 4.78 is 5.61. The van der Waals surface area contributed by atoms with Crippen LogP contribution < -0.4 is 10.6 Å². The van der Waals surface area contributed by atoms with Crippen molar-refractivity contribution in [2.45, 2.75) is 56.6 Å². The summed E-state index contributed by atoms with van der Waals surface area (Å²) in [5, 5.41) is 16.3. The minimum atomic E-state index is -0.310. The molecule has 2 aliphatic carbocycles. The van der Waals surface area contributed by atoms with E-state index in [4.69, 9.17) is 4.74 Å². The molecule has 0 saturated heterocycles. The zero-order valence-electron chi connectivity index (χ0n) is 17.8. The third kappa shape index (κ3) is 4.19. The fourth-order valence-electron chi connectivity index (χ4n) is 4.20. The average molecular weight is 428 g/mol. The van der Waals surface area contributed by atoms with Gasteiger partial charge in [0.05, 0.1) is 16.8 Å². The van der Waals surface area contributed by atoms with Crippen molar-refractivity contribution < 1.29 is 9.53 Å². The molecule has 2 saturated carbocycles. The van der Waals surface area contributed by atoms with Crippen LogP contribution in [0.2, 0.25) is 0 Å². The first-order chi connectivity index (χ1) is 15.5. The Balaban J connectivity index is 1.23. The molecule has 2 fully saturated rings. The number of hydrogen-bond acceptors (Lipinski definition) is 7. The summed E-state index contributed by atoms with van der Waals surface area (Å²) in [4.78, 5) is 25.4. The van der Waals surface area contributed by atoms with E-state index < -0.39 is 0 Å². The smallest absolute Gasteiger partial charge is 0.407 e. The number of anilines is 2. The van der Waals surface area contributed by atoms with Crippen LogP contribution in [0.5, 0.6) is 0 Å². The van der Waals surface area contributed by atoms with Crippen LogP contribution in [0.3, 0.4) is 0 Å². The molecule has 0 radical (unpaired) electrons. The number of nitriles is 1. The molecule has 8 heteroatoms. The average Bonchev–Trinajstić information content (AvgIpc) is 3.34. The lowest BCUT2D eigenvalue weighted by molar-refractivity contribution is 0.0967. The Labute approximate surface area is 186 Å². The van der Waals surface area contributed by atoms with Crippen molar-refractivity contribution in [2.75, 3.05) is 5.32 Å². The first-order valence-electron chi connectivity index (χ1n) is 10.9. The summed E-state index contributed by atoms with van der Waals surface area (Å²) in [7, 11) is 0. The lowest BCUT2D eigenvalue weighted by Gasteiger charge is -2.16. The quantitative estimate of drug-likeness (QED) is 0.613. The van der Waals surface area contributed by atoms with E-state index in [-0.39, 0.29) is 23.7 Å². The zero-order chi connectivity index (χ0) is 22.1. The Morgan fingerprint density at radius 3 is 2.75 bits per heavy atom. The number of rotatable bonds is 5. The molecule has 2 aromatic heterocycles. The lowest BCUT2D eigenvalue weighted by atomic mass is 10.0. The van der Waals surface area contributed by atoms with E-state index in [2.05, 4.69) is 31.7 Å². The van der Waals surface area contributed by atoms with Crippen LogP contribution in [0.1, 0.15) is 56.1 Å². The van der Waals surface area contributed by atoms with Gasteiger partial charge in [-0.25, -0.2) is 14.8 Å². The molecule has 2 atom stereocenters. The van der Waals surface area contributed by atoms with Gasteiger partial charge in [0.15, 0.2) is 0 Å². The largest absolute Gasteiger partial charge is 0.446 e. The minimum Gasteiger partial charge on any atom is -0.446 e. The second-order valence-corrected chi connectivity index (χ2v) is 8.86. The fraction of sp³-hybridized carbons (Fsp3) is 0.375. The Morgan fingerprint density at radius 1 is 1.19 bits per heavy atom. The van der Waals surface area contributed by atoms with Crippen molar-refractivity contribution in [1.29, 1.82) is 5.26 Å². The highest BCUT2D eigenvalue weighted by atomic mass is 16.6. The summed E-state index contributed by atoms with van der Waals surface area (Å²) in [6.45, 7) is 2.04. The first-order valence-corrected chi connectivity index (χ1v) is 10.9. The Bertz CT molecular complexity index is 1200. The SMILES string of the molecule is CC1(NC(=O)OC2CC[C@H](c3cnc(Nc4ccc(C#N)c5ncccc45)nc3)C2)CC1. The fourth-order valence-corrected chi connectivity index (χ4v) is 4.20. The van der Waals surface area contributed by atoms with E-state index in [1.54, 1.807) is 12.3 Å². The summed E-state index contributed by atoms with van der Waals surface area (Å²) in [6, 6.07) is 9.50. The second-order valence-electron chi connectivity index (χ2n) is 8.86. The predicted molar refractivity (Wildman–Crippen MR) is 119 cm³/mol. The van der Waals surface area contributed by atoms with Crippen molar-refractivity contribution in [1.82, 2.24) is 20.3 Å². The summed E-state index contributed by atoms with van der Waals surface area (Å²) in [5.74, 6) is 0.754. The normalized spacial score (nSPS) is 21.0. The van der Waals surface area contributed by atoms with E-state index in [1.807, 2.05) is 37.5 Å². The third-order valence-corrected chi connectivity index (χ3v) is 6.34. The monoisotopic (exact) mass is 428 g/mol. The maximum absolute atomic E-state index is 12.1. The number of benzene rings is 1. The molecule has 1 aromatic carbocycles. The van der Waals surface area contributed by atoms with Gasteiger partial charge in [-0.05, 0) is 74.8 Å². The lowest BCUT2D eigenvalue weighted by Crippen LogP contribution is -2.36. The summed E-state index contributed by atoms with van der Waals surface area (Å²) >= 11 is 0. The molecule has 0 bridgehead atoms. The van der Waals surface area contributed by atoms with Crippen molar-refractivity contribution in [3.05, 3.63) is 54.0 Å². The van der Waals surface area contributed by atoms with Crippen LogP contribution in [0, 0.1) is 11.3 Å². The van der Waals surface area contributed by atoms with Crippen molar-refractivity contribution >= 4 is 28.6 Å². The van der Waals surface area contributed by atoms with Crippen LogP contribution in [0.25, 0.3) is 10.9 Å². The highest BCUT2D eigenvalue weighted by Crippen LogP contribution is 2.37. The van der Waals surface area contributed by atoms with Crippen molar-refractivity contribution in [2.24, 2.45) is 0 Å². The standard InChI is InChI=1S/C24H24N6O2/c1-24(8-9-24)30-23(31)32-18-6-4-15(11-18)17-13-27-22(28-14-17)29-20-7-5-16(12-25)21-19(20)3-2-10-26-21/h2-3,5,7,10,13-15,18H,4,6,8-9,11H2,1H3,(H,30,31)(H,27,28,29)/t15-,18?/m0/s1. The molecule has 3 aromatic rings. The Hall–Kier alpha value is -3.73. The maximum Gasteiger partial charge on any atom is 0.407 e. The van der Waals surface area contributed by atoms with E-state index in [0.29, 0.717) is 17.0 Å². The zero-order valence-corrected chi connectivity index (χ0v) is 17.8. The molecule has 2 aliphatic rings.